The first-order valence-corrected chi connectivity index (χ1v) is 13.7. The molecule has 0 aliphatic carbocycles. The van der Waals surface area contributed by atoms with Gasteiger partial charge in [-0.25, -0.2) is 4.79 Å². The molecule has 4 aliphatic heterocycles. The van der Waals surface area contributed by atoms with Crippen molar-refractivity contribution < 1.29 is 19.1 Å². The van der Waals surface area contributed by atoms with Crippen LogP contribution >= 0.6 is 0 Å². The third-order valence-electron chi connectivity index (χ3n) is 8.28. The van der Waals surface area contributed by atoms with Gasteiger partial charge in [-0.05, 0) is 69.6 Å². The molecule has 1 spiro atoms. The normalized spacial score (nSPS) is 23.5. The van der Waals surface area contributed by atoms with Gasteiger partial charge in [0.1, 0.15) is 5.60 Å². The number of carbonyl (C=O) groups is 2. The quantitative estimate of drug-likeness (QED) is 0.686. The van der Waals surface area contributed by atoms with E-state index < -0.39 is 11.0 Å². The van der Waals surface area contributed by atoms with Crippen LogP contribution in [-0.2, 0) is 26.2 Å². The van der Waals surface area contributed by atoms with E-state index in [1.54, 1.807) is 0 Å². The Balaban J connectivity index is 1.08. The highest BCUT2D eigenvalue weighted by Crippen LogP contribution is 2.45. The molecule has 4 aliphatic rings. The van der Waals surface area contributed by atoms with E-state index in [4.69, 9.17) is 9.47 Å². The molecular weight excluding hydrogens is 456 g/mol. The highest BCUT2D eigenvalue weighted by molar-refractivity contribution is 6.06. The number of hydrogen-bond donors (Lipinski definition) is 1. The van der Waals surface area contributed by atoms with Crippen molar-refractivity contribution in [1.82, 2.24) is 14.7 Å². The maximum absolute atomic E-state index is 12.8. The van der Waals surface area contributed by atoms with E-state index in [0.29, 0.717) is 19.1 Å². The summed E-state index contributed by atoms with van der Waals surface area (Å²) in [4.78, 5) is 32.1. The van der Waals surface area contributed by atoms with Crippen molar-refractivity contribution in [1.29, 1.82) is 0 Å². The van der Waals surface area contributed by atoms with Crippen LogP contribution in [0.25, 0.3) is 0 Å². The third-order valence-corrected chi connectivity index (χ3v) is 8.28. The molecule has 5 rings (SSSR count). The standard InChI is InChI=1S/C28H42N4O4/c1-27(2,3)36-26(34)32-10-6-21(7-11-32)19-30-12-14-31(15-13-30)20-22-4-5-24-23(18-22)28(25(33)29-24)8-16-35-17-9-28/h4-5,18,21H,6-17,19-20H2,1-3H3,(H,29,33). The first-order valence-electron chi connectivity index (χ1n) is 13.7. The molecule has 2 amide bonds. The Labute approximate surface area is 215 Å². The van der Waals surface area contributed by atoms with Gasteiger partial charge >= 0.3 is 6.09 Å². The van der Waals surface area contributed by atoms with Gasteiger partial charge in [0.25, 0.3) is 0 Å². The molecule has 0 bridgehead atoms. The van der Waals surface area contributed by atoms with Crippen LogP contribution in [0.1, 0.15) is 57.6 Å². The van der Waals surface area contributed by atoms with Gasteiger partial charge in [0.05, 0.1) is 5.41 Å². The predicted octanol–water partition coefficient (Wildman–Crippen LogP) is 3.45. The van der Waals surface area contributed by atoms with Crippen molar-refractivity contribution in [3.05, 3.63) is 29.3 Å². The van der Waals surface area contributed by atoms with E-state index in [-0.39, 0.29) is 12.0 Å². The Morgan fingerprint density at radius 3 is 2.39 bits per heavy atom. The zero-order valence-electron chi connectivity index (χ0n) is 22.2. The number of nitrogens with one attached hydrogen (secondary N) is 1. The molecule has 3 fully saturated rings. The Kier molecular flexibility index (Phi) is 7.30. The monoisotopic (exact) mass is 498 g/mol. The molecule has 8 heteroatoms. The van der Waals surface area contributed by atoms with Crippen molar-refractivity contribution in [3.8, 4) is 0 Å². The molecule has 0 atom stereocenters. The molecule has 3 saturated heterocycles. The summed E-state index contributed by atoms with van der Waals surface area (Å²) in [6.07, 6.45) is 3.46. The first kappa shape index (κ1) is 25.5. The van der Waals surface area contributed by atoms with Gasteiger partial charge in [-0.3, -0.25) is 9.69 Å². The summed E-state index contributed by atoms with van der Waals surface area (Å²) in [5, 5.41) is 3.11. The summed E-state index contributed by atoms with van der Waals surface area (Å²) in [5.74, 6) is 0.788. The van der Waals surface area contributed by atoms with Crippen molar-refractivity contribution in [2.45, 2.75) is 64.0 Å². The molecule has 0 aromatic heterocycles. The fourth-order valence-corrected chi connectivity index (χ4v) is 6.15. The topological polar surface area (TPSA) is 74.3 Å². The van der Waals surface area contributed by atoms with Crippen LogP contribution in [-0.4, -0.2) is 91.3 Å². The summed E-state index contributed by atoms with van der Waals surface area (Å²) < 4.78 is 11.1. The lowest BCUT2D eigenvalue weighted by molar-refractivity contribution is -0.124. The van der Waals surface area contributed by atoms with Gasteiger partial charge in [0.15, 0.2) is 0 Å². The van der Waals surface area contributed by atoms with Gasteiger partial charge in [0.2, 0.25) is 5.91 Å². The molecule has 0 unspecified atom stereocenters. The van der Waals surface area contributed by atoms with Crippen LogP contribution in [0.5, 0.6) is 0 Å². The minimum atomic E-state index is -0.437. The van der Waals surface area contributed by atoms with Gasteiger partial charge in [0, 0.05) is 71.3 Å². The number of rotatable bonds is 4. The fraction of sp³-hybridized carbons (Fsp3) is 0.714. The second-order valence-electron chi connectivity index (χ2n) is 12.0. The molecule has 0 radical (unpaired) electrons. The lowest BCUT2D eigenvalue weighted by atomic mass is 9.75. The van der Waals surface area contributed by atoms with Crippen molar-refractivity contribution in [2.75, 3.05) is 64.3 Å². The lowest BCUT2D eigenvalue weighted by Crippen LogP contribution is -2.49. The van der Waals surface area contributed by atoms with Crippen LogP contribution < -0.4 is 5.32 Å². The summed E-state index contributed by atoms with van der Waals surface area (Å²) in [5.41, 5.74) is 2.60. The number of amides is 2. The maximum Gasteiger partial charge on any atom is 0.410 e. The third kappa shape index (κ3) is 5.55. The number of ether oxygens (including phenoxy) is 2. The maximum atomic E-state index is 12.8. The van der Waals surface area contributed by atoms with Gasteiger partial charge in [-0.2, -0.15) is 0 Å². The van der Waals surface area contributed by atoms with Crippen LogP contribution in [0, 0.1) is 5.92 Å². The van der Waals surface area contributed by atoms with Gasteiger partial charge in [-0.1, -0.05) is 12.1 Å². The van der Waals surface area contributed by atoms with E-state index in [2.05, 4.69) is 33.3 Å². The number of anilines is 1. The zero-order valence-corrected chi connectivity index (χ0v) is 22.2. The molecule has 36 heavy (non-hydrogen) atoms. The molecule has 198 valence electrons. The lowest BCUT2D eigenvalue weighted by Gasteiger charge is -2.39. The number of hydrogen-bond acceptors (Lipinski definition) is 6. The Bertz CT molecular complexity index is 953. The number of piperazine rings is 1. The number of benzene rings is 1. The molecule has 8 nitrogen and oxygen atoms in total. The minimum absolute atomic E-state index is 0.142. The van der Waals surface area contributed by atoms with Gasteiger partial charge in [-0.15, -0.1) is 0 Å². The summed E-state index contributed by atoms with van der Waals surface area (Å²) in [7, 11) is 0. The fourth-order valence-electron chi connectivity index (χ4n) is 6.15. The van der Waals surface area contributed by atoms with Crippen LogP contribution in [0.3, 0.4) is 0 Å². The number of likely N-dealkylation sites (tertiary alicyclic amines) is 1. The Morgan fingerprint density at radius 1 is 1.06 bits per heavy atom. The number of piperidine rings is 1. The summed E-state index contributed by atoms with van der Waals surface area (Å²) >= 11 is 0. The first-order chi connectivity index (χ1) is 17.2. The van der Waals surface area contributed by atoms with E-state index in [1.807, 2.05) is 25.7 Å². The zero-order chi connectivity index (χ0) is 25.3. The van der Waals surface area contributed by atoms with E-state index >= 15 is 0 Å². The van der Waals surface area contributed by atoms with Crippen molar-refractivity contribution in [3.63, 3.8) is 0 Å². The molecule has 0 saturated carbocycles. The molecule has 1 aromatic rings. The van der Waals surface area contributed by atoms with E-state index in [9.17, 15) is 9.59 Å². The van der Waals surface area contributed by atoms with E-state index in [0.717, 1.165) is 83.7 Å². The van der Waals surface area contributed by atoms with Crippen LogP contribution in [0.2, 0.25) is 0 Å². The van der Waals surface area contributed by atoms with Crippen molar-refractivity contribution in [2.24, 2.45) is 5.92 Å². The smallest absolute Gasteiger partial charge is 0.410 e. The van der Waals surface area contributed by atoms with Crippen LogP contribution in [0.15, 0.2) is 18.2 Å². The van der Waals surface area contributed by atoms with E-state index in [1.165, 1.54) is 11.1 Å². The largest absolute Gasteiger partial charge is 0.444 e. The number of fused-ring (bicyclic) bond motifs is 2. The average molecular weight is 499 g/mol. The second-order valence-corrected chi connectivity index (χ2v) is 12.0. The SMILES string of the molecule is CC(C)(C)OC(=O)N1CCC(CN2CCN(Cc3ccc4c(c3)C3(CCOCC3)C(=O)N4)CC2)CC1. The Morgan fingerprint density at radius 2 is 1.72 bits per heavy atom. The minimum Gasteiger partial charge on any atom is -0.444 e. The van der Waals surface area contributed by atoms with Gasteiger partial charge < -0.3 is 24.6 Å². The van der Waals surface area contributed by atoms with Crippen molar-refractivity contribution >= 4 is 17.7 Å². The summed E-state index contributed by atoms with van der Waals surface area (Å²) in [6, 6.07) is 6.53. The second kappa shape index (κ2) is 10.3. The highest BCUT2D eigenvalue weighted by Gasteiger charge is 2.47. The van der Waals surface area contributed by atoms with Crippen LogP contribution in [0.4, 0.5) is 10.5 Å². The Hall–Kier alpha value is -2.16. The molecular formula is C28H42N4O4. The highest BCUT2D eigenvalue weighted by atomic mass is 16.6. The molecule has 1 N–H and O–H groups in total. The molecule has 4 heterocycles. The number of nitrogens with zero attached hydrogens (tertiary/aromatic N) is 3. The average Bonchev–Trinajstić information content (AvgIpc) is 3.10. The number of carbonyl (C=O) groups excluding carboxylic acids is 2. The predicted molar refractivity (Wildman–Crippen MR) is 139 cm³/mol. The summed E-state index contributed by atoms with van der Waals surface area (Å²) in [6.45, 7) is 15.0. The molecule has 1 aromatic carbocycles.